The van der Waals surface area contributed by atoms with Crippen LogP contribution in [0.25, 0.3) is 0 Å². The number of likely N-dealkylation sites (N-methyl/N-ethyl adjacent to an activating group) is 1. The van der Waals surface area contributed by atoms with Gasteiger partial charge in [0.25, 0.3) is 0 Å². The first-order valence-electron chi connectivity index (χ1n) is 4.19. The zero-order chi connectivity index (χ0) is 10.2. The summed E-state index contributed by atoms with van der Waals surface area (Å²) in [7, 11) is 5.73. The van der Waals surface area contributed by atoms with E-state index in [0.29, 0.717) is 4.48 Å². The van der Waals surface area contributed by atoms with Crippen LogP contribution in [0.1, 0.15) is 20.8 Å². The van der Waals surface area contributed by atoms with Gasteiger partial charge in [0.1, 0.15) is 0 Å². The van der Waals surface area contributed by atoms with Gasteiger partial charge in [-0.1, -0.05) is 13.8 Å². The normalized spacial score (nSPS) is 17.6. The highest BCUT2D eigenvalue weighted by Gasteiger charge is 2.48. The lowest BCUT2D eigenvalue weighted by Crippen LogP contribution is -2.62. The maximum absolute atomic E-state index is 11.1. The summed E-state index contributed by atoms with van der Waals surface area (Å²) in [6, 6.07) is 0. The maximum Gasteiger partial charge on any atom is 0.365 e. The lowest BCUT2D eigenvalue weighted by atomic mass is 9.85. The van der Waals surface area contributed by atoms with Gasteiger partial charge in [0.15, 0.2) is 5.54 Å². The number of aliphatic carboxylic acids is 1. The molecular weight excluding hydrogens is 154 g/mol. The molecular formula is C9H20NO2+. The van der Waals surface area contributed by atoms with Gasteiger partial charge in [-0.25, -0.2) is 4.79 Å². The van der Waals surface area contributed by atoms with Crippen molar-refractivity contribution in [3.63, 3.8) is 0 Å². The van der Waals surface area contributed by atoms with E-state index in [2.05, 4.69) is 0 Å². The first-order valence-corrected chi connectivity index (χ1v) is 4.19. The molecule has 3 nitrogen and oxygen atoms in total. The Morgan fingerprint density at radius 2 is 1.67 bits per heavy atom. The van der Waals surface area contributed by atoms with E-state index in [0.717, 1.165) is 0 Å². The summed E-state index contributed by atoms with van der Waals surface area (Å²) in [6.07, 6.45) is 0. The topological polar surface area (TPSA) is 37.3 Å². The van der Waals surface area contributed by atoms with Gasteiger partial charge in [-0.3, -0.25) is 0 Å². The van der Waals surface area contributed by atoms with E-state index in [1.807, 2.05) is 35.0 Å². The Morgan fingerprint density at radius 1 is 1.33 bits per heavy atom. The minimum absolute atomic E-state index is 0.120. The molecule has 0 radical (unpaired) electrons. The van der Waals surface area contributed by atoms with E-state index in [1.165, 1.54) is 0 Å². The second kappa shape index (κ2) is 3.05. The average Bonchev–Trinajstić information content (AvgIpc) is 1.82. The average molecular weight is 174 g/mol. The predicted molar refractivity (Wildman–Crippen MR) is 48.9 cm³/mol. The fourth-order valence-corrected chi connectivity index (χ4v) is 1.31. The van der Waals surface area contributed by atoms with E-state index in [9.17, 15) is 4.79 Å². The molecule has 0 fully saturated rings. The summed E-state index contributed by atoms with van der Waals surface area (Å²) in [5, 5.41) is 9.12. The third-order valence-corrected chi connectivity index (χ3v) is 2.95. The van der Waals surface area contributed by atoms with Crippen molar-refractivity contribution in [2.75, 3.05) is 21.1 Å². The van der Waals surface area contributed by atoms with Gasteiger partial charge in [-0.05, 0) is 0 Å². The van der Waals surface area contributed by atoms with Crippen LogP contribution >= 0.6 is 0 Å². The Morgan fingerprint density at radius 3 is 1.67 bits per heavy atom. The van der Waals surface area contributed by atoms with Crippen LogP contribution < -0.4 is 0 Å². The summed E-state index contributed by atoms with van der Waals surface area (Å²) < 4.78 is 0.444. The quantitative estimate of drug-likeness (QED) is 0.653. The van der Waals surface area contributed by atoms with Crippen LogP contribution in [0, 0.1) is 5.92 Å². The van der Waals surface area contributed by atoms with Gasteiger partial charge < -0.3 is 9.59 Å². The molecule has 3 heteroatoms. The maximum atomic E-state index is 11.1. The number of rotatable bonds is 3. The third-order valence-electron chi connectivity index (χ3n) is 2.95. The molecule has 0 heterocycles. The largest absolute Gasteiger partial charge is 0.477 e. The van der Waals surface area contributed by atoms with Crippen molar-refractivity contribution in [2.24, 2.45) is 5.92 Å². The van der Waals surface area contributed by atoms with Crippen molar-refractivity contribution in [2.45, 2.75) is 26.3 Å². The Labute approximate surface area is 74.6 Å². The van der Waals surface area contributed by atoms with E-state index >= 15 is 0 Å². The molecule has 0 aliphatic rings. The van der Waals surface area contributed by atoms with Crippen molar-refractivity contribution >= 4 is 5.97 Å². The SMILES string of the molecule is CC(C)C(C)(C(=O)O)[N+](C)(C)C. The lowest BCUT2D eigenvalue weighted by Gasteiger charge is -2.43. The summed E-state index contributed by atoms with van der Waals surface area (Å²) in [4.78, 5) is 11.1. The van der Waals surface area contributed by atoms with Crippen LogP contribution in [0.5, 0.6) is 0 Å². The van der Waals surface area contributed by atoms with Crippen LogP contribution in [-0.2, 0) is 4.79 Å². The number of carbonyl (C=O) groups is 1. The Kier molecular flexibility index (Phi) is 2.91. The Balaban J connectivity index is 5.02. The van der Waals surface area contributed by atoms with Crippen molar-refractivity contribution in [3.8, 4) is 0 Å². The molecule has 12 heavy (non-hydrogen) atoms. The van der Waals surface area contributed by atoms with Crippen LogP contribution in [0.15, 0.2) is 0 Å². The Hall–Kier alpha value is -0.570. The van der Waals surface area contributed by atoms with Crippen LogP contribution in [0.2, 0.25) is 0 Å². The molecule has 0 bridgehead atoms. The number of hydrogen-bond donors (Lipinski definition) is 1. The summed E-state index contributed by atoms with van der Waals surface area (Å²) in [5.74, 6) is -0.611. The van der Waals surface area contributed by atoms with Crippen molar-refractivity contribution < 1.29 is 14.4 Å². The summed E-state index contributed by atoms with van der Waals surface area (Å²) in [5.41, 5.74) is -0.708. The summed E-state index contributed by atoms with van der Waals surface area (Å²) >= 11 is 0. The highest BCUT2D eigenvalue weighted by Crippen LogP contribution is 2.27. The van der Waals surface area contributed by atoms with E-state index in [4.69, 9.17) is 5.11 Å². The Bertz CT molecular complexity index is 181. The van der Waals surface area contributed by atoms with Gasteiger partial charge in [0.05, 0.1) is 21.1 Å². The molecule has 1 unspecified atom stereocenters. The minimum Gasteiger partial charge on any atom is -0.477 e. The van der Waals surface area contributed by atoms with E-state index in [-0.39, 0.29) is 5.92 Å². The highest BCUT2D eigenvalue weighted by atomic mass is 16.4. The predicted octanol–water partition coefficient (Wildman–Crippen LogP) is 1.19. The minimum atomic E-state index is -0.731. The first-order chi connectivity index (χ1) is 5.14. The zero-order valence-electron chi connectivity index (χ0n) is 8.88. The van der Waals surface area contributed by atoms with Crippen LogP contribution in [0.3, 0.4) is 0 Å². The number of carboxylic acids is 1. The molecule has 0 rings (SSSR count). The van der Waals surface area contributed by atoms with Crippen molar-refractivity contribution in [1.29, 1.82) is 0 Å². The molecule has 0 saturated heterocycles. The standard InChI is InChI=1S/C9H19NO2/c1-7(2)9(3,8(11)12)10(4,5)6/h7H,1-6H3/p+1. The van der Waals surface area contributed by atoms with Crippen molar-refractivity contribution in [1.82, 2.24) is 0 Å². The number of carboxylic acid groups (broad SMARTS) is 1. The first kappa shape index (κ1) is 11.4. The molecule has 0 aliphatic heterocycles. The van der Waals surface area contributed by atoms with E-state index < -0.39 is 11.5 Å². The summed E-state index contributed by atoms with van der Waals surface area (Å²) in [6.45, 7) is 5.68. The van der Waals surface area contributed by atoms with Gasteiger partial charge in [-0.15, -0.1) is 0 Å². The van der Waals surface area contributed by atoms with Gasteiger partial charge in [0, 0.05) is 12.8 Å². The van der Waals surface area contributed by atoms with Crippen LogP contribution in [-0.4, -0.2) is 42.2 Å². The monoisotopic (exact) mass is 174 g/mol. The molecule has 0 aromatic rings. The highest BCUT2D eigenvalue weighted by molar-refractivity contribution is 5.77. The zero-order valence-corrected chi connectivity index (χ0v) is 8.88. The van der Waals surface area contributed by atoms with E-state index in [1.54, 1.807) is 6.92 Å². The smallest absolute Gasteiger partial charge is 0.365 e. The second-order valence-electron chi connectivity index (χ2n) is 4.62. The molecule has 0 aliphatic carbocycles. The number of nitrogens with zero attached hydrogens (tertiary/aromatic N) is 1. The molecule has 1 N–H and O–H groups in total. The van der Waals surface area contributed by atoms with Gasteiger partial charge in [0.2, 0.25) is 0 Å². The lowest BCUT2D eigenvalue weighted by molar-refractivity contribution is -0.915. The fourth-order valence-electron chi connectivity index (χ4n) is 1.31. The van der Waals surface area contributed by atoms with Gasteiger partial charge in [-0.2, -0.15) is 0 Å². The molecule has 0 aromatic heterocycles. The molecule has 0 spiro atoms. The molecule has 0 aromatic carbocycles. The number of hydrogen-bond acceptors (Lipinski definition) is 1. The molecule has 0 saturated carbocycles. The van der Waals surface area contributed by atoms with Gasteiger partial charge >= 0.3 is 5.97 Å². The molecule has 0 amide bonds. The third kappa shape index (κ3) is 1.61. The second-order valence-corrected chi connectivity index (χ2v) is 4.62. The molecule has 1 atom stereocenters. The number of quaternary nitrogens is 1. The molecule has 72 valence electrons. The van der Waals surface area contributed by atoms with Crippen molar-refractivity contribution in [3.05, 3.63) is 0 Å². The fraction of sp³-hybridized carbons (Fsp3) is 0.889. The van der Waals surface area contributed by atoms with Crippen LogP contribution in [0.4, 0.5) is 0 Å².